The van der Waals surface area contributed by atoms with Crippen molar-refractivity contribution in [3.05, 3.63) is 60.7 Å². The molecular weight excluding hydrogens is 361 g/mol. The van der Waals surface area contributed by atoms with Crippen molar-refractivity contribution in [3.63, 3.8) is 0 Å². The van der Waals surface area contributed by atoms with E-state index in [2.05, 4.69) is 68.7 Å². The Balaban J connectivity index is 1.60. The summed E-state index contributed by atoms with van der Waals surface area (Å²) < 4.78 is 21.1. The predicted molar refractivity (Wildman–Crippen MR) is 117 cm³/mol. The van der Waals surface area contributed by atoms with Gasteiger partial charge in [0.15, 0.2) is 11.5 Å². The molecule has 0 aliphatic carbocycles. The highest BCUT2D eigenvalue weighted by atomic mass is 16.7. The van der Waals surface area contributed by atoms with Crippen LogP contribution in [0.15, 0.2) is 60.7 Å². The zero-order valence-electron chi connectivity index (χ0n) is 17.0. The van der Waals surface area contributed by atoms with Crippen LogP contribution in [0.4, 0.5) is 0 Å². The van der Waals surface area contributed by atoms with Crippen LogP contribution < -0.4 is 10.2 Å². The van der Waals surface area contributed by atoms with Crippen LogP contribution in [-0.4, -0.2) is 22.9 Å². The van der Waals surface area contributed by atoms with Crippen LogP contribution in [0.1, 0.15) is 27.7 Å². The Hall–Kier alpha value is -2.76. The van der Waals surface area contributed by atoms with Gasteiger partial charge in [0, 0.05) is 10.8 Å². The topological polar surface area (TPSA) is 32.6 Å². The maximum Gasteiger partial charge on any atom is 0.494 e. The monoisotopic (exact) mass is 383 g/mol. The Morgan fingerprint density at radius 3 is 2.28 bits per heavy atom. The van der Waals surface area contributed by atoms with Gasteiger partial charge in [0.2, 0.25) is 0 Å². The number of para-hydroxylation sites is 3. The maximum absolute atomic E-state index is 6.28. The Kier molecular flexibility index (Phi) is 3.21. The molecule has 4 nitrogen and oxygen atoms in total. The van der Waals surface area contributed by atoms with Gasteiger partial charge in [0.1, 0.15) is 0 Å². The van der Waals surface area contributed by atoms with Crippen LogP contribution in [0.3, 0.4) is 0 Å². The SMILES string of the molecule is CC1(C)OB(c2ccc3c(c2)c2cccc4c2n3-c2ccccc2O4)OC1(C)C. The minimum Gasteiger partial charge on any atom is -0.453 e. The lowest BCUT2D eigenvalue weighted by atomic mass is 9.78. The Labute approximate surface area is 170 Å². The molecule has 3 heterocycles. The van der Waals surface area contributed by atoms with Gasteiger partial charge in [-0.1, -0.05) is 36.4 Å². The van der Waals surface area contributed by atoms with E-state index in [1.54, 1.807) is 0 Å². The second-order valence-electron chi connectivity index (χ2n) is 8.92. The van der Waals surface area contributed by atoms with Crippen LogP contribution in [0.2, 0.25) is 0 Å². The number of ether oxygens (including phenoxy) is 1. The minimum absolute atomic E-state index is 0.358. The van der Waals surface area contributed by atoms with Crippen molar-refractivity contribution in [1.82, 2.24) is 4.57 Å². The molecule has 0 unspecified atom stereocenters. The lowest BCUT2D eigenvalue weighted by Crippen LogP contribution is -2.41. The molecule has 1 fully saturated rings. The van der Waals surface area contributed by atoms with E-state index < -0.39 is 0 Å². The molecule has 144 valence electrons. The Bertz CT molecular complexity index is 1290. The molecule has 3 aromatic carbocycles. The number of hydrogen-bond acceptors (Lipinski definition) is 3. The number of aromatic nitrogens is 1. The van der Waals surface area contributed by atoms with Crippen LogP contribution >= 0.6 is 0 Å². The molecule has 0 amide bonds. The van der Waals surface area contributed by atoms with Gasteiger partial charge in [0.05, 0.1) is 27.9 Å². The summed E-state index contributed by atoms with van der Waals surface area (Å²) in [6.45, 7) is 8.34. The molecule has 5 heteroatoms. The van der Waals surface area contributed by atoms with E-state index in [0.29, 0.717) is 0 Å². The average molecular weight is 383 g/mol. The Morgan fingerprint density at radius 2 is 1.48 bits per heavy atom. The third kappa shape index (κ3) is 2.23. The summed E-state index contributed by atoms with van der Waals surface area (Å²) in [5, 5.41) is 2.35. The largest absolute Gasteiger partial charge is 0.494 e. The smallest absolute Gasteiger partial charge is 0.453 e. The number of fused-ring (bicyclic) bond motifs is 5. The quantitative estimate of drug-likeness (QED) is 0.374. The van der Waals surface area contributed by atoms with E-state index in [1.807, 2.05) is 24.3 Å². The molecule has 1 saturated heterocycles. The highest BCUT2D eigenvalue weighted by Crippen LogP contribution is 2.45. The molecule has 4 aromatic rings. The molecule has 2 aliphatic rings. The fourth-order valence-corrected chi connectivity index (χ4v) is 4.36. The normalized spacial score (nSPS) is 18.8. The van der Waals surface area contributed by atoms with Crippen molar-refractivity contribution in [2.24, 2.45) is 0 Å². The van der Waals surface area contributed by atoms with Crippen molar-refractivity contribution < 1.29 is 14.0 Å². The first-order valence-electron chi connectivity index (χ1n) is 10.1. The fraction of sp³-hybridized carbons (Fsp3) is 0.250. The number of benzene rings is 3. The van der Waals surface area contributed by atoms with E-state index in [4.69, 9.17) is 14.0 Å². The van der Waals surface area contributed by atoms with Gasteiger partial charge in [0.25, 0.3) is 0 Å². The van der Waals surface area contributed by atoms with Crippen molar-refractivity contribution in [2.75, 3.05) is 0 Å². The summed E-state index contributed by atoms with van der Waals surface area (Å²) in [5.41, 5.74) is 3.65. The molecule has 0 atom stereocenters. The summed E-state index contributed by atoms with van der Waals surface area (Å²) in [5.74, 6) is 1.76. The zero-order valence-corrected chi connectivity index (χ0v) is 17.0. The zero-order chi connectivity index (χ0) is 20.0. The van der Waals surface area contributed by atoms with Gasteiger partial charge < -0.3 is 18.6 Å². The third-order valence-electron chi connectivity index (χ3n) is 6.63. The van der Waals surface area contributed by atoms with Gasteiger partial charge in [-0.2, -0.15) is 0 Å². The first-order chi connectivity index (χ1) is 13.9. The van der Waals surface area contributed by atoms with E-state index in [1.165, 1.54) is 10.8 Å². The standard InChI is InChI=1S/C24H22BNO3/c1-23(2)24(3,4)29-25(28-23)15-12-13-18-17(14-15)16-8-7-11-21-22(16)26(18)19-9-5-6-10-20(19)27-21/h5-14H,1-4H3. The van der Waals surface area contributed by atoms with E-state index >= 15 is 0 Å². The van der Waals surface area contributed by atoms with E-state index in [-0.39, 0.29) is 18.3 Å². The molecule has 0 spiro atoms. The molecule has 0 radical (unpaired) electrons. The van der Waals surface area contributed by atoms with E-state index in [9.17, 15) is 0 Å². The third-order valence-corrected chi connectivity index (χ3v) is 6.63. The minimum atomic E-state index is -0.375. The number of rotatable bonds is 1. The summed E-state index contributed by atoms with van der Waals surface area (Å²) in [6.07, 6.45) is 0. The second kappa shape index (κ2) is 5.44. The van der Waals surface area contributed by atoms with Crippen LogP contribution in [0, 0.1) is 0 Å². The van der Waals surface area contributed by atoms with Gasteiger partial charge in [-0.25, -0.2) is 0 Å². The van der Waals surface area contributed by atoms with Gasteiger partial charge in [-0.3, -0.25) is 0 Å². The Morgan fingerprint density at radius 1 is 0.759 bits per heavy atom. The van der Waals surface area contributed by atoms with Crippen LogP contribution in [0.5, 0.6) is 11.5 Å². The van der Waals surface area contributed by atoms with Crippen molar-refractivity contribution >= 4 is 34.4 Å². The number of nitrogens with zero attached hydrogens (tertiary/aromatic N) is 1. The highest BCUT2D eigenvalue weighted by molar-refractivity contribution is 6.62. The highest BCUT2D eigenvalue weighted by Gasteiger charge is 2.51. The maximum atomic E-state index is 6.28. The molecule has 0 N–H and O–H groups in total. The average Bonchev–Trinajstić information content (AvgIpc) is 3.14. The summed E-state index contributed by atoms with van der Waals surface area (Å²) in [6, 6.07) is 20.9. The van der Waals surface area contributed by atoms with Gasteiger partial charge in [-0.15, -0.1) is 0 Å². The fourth-order valence-electron chi connectivity index (χ4n) is 4.36. The summed E-state index contributed by atoms with van der Waals surface area (Å²) >= 11 is 0. The molecule has 29 heavy (non-hydrogen) atoms. The molecular formula is C24H22BNO3. The molecule has 6 rings (SSSR count). The second-order valence-corrected chi connectivity index (χ2v) is 8.92. The first kappa shape index (κ1) is 17.1. The predicted octanol–water partition coefficient (Wildman–Crippen LogP) is 5.19. The lowest BCUT2D eigenvalue weighted by molar-refractivity contribution is 0.00578. The van der Waals surface area contributed by atoms with Crippen molar-refractivity contribution in [3.8, 4) is 17.2 Å². The van der Waals surface area contributed by atoms with E-state index in [0.717, 1.165) is 33.7 Å². The van der Waals surface area contributed by atoms with Crippen molar-refractivity contribution in [1.29, 1.82) is 0 Å². The number of hydrogen-bond donors (Lipinski definition) is 0. The summed E-state index contributed by atoms with van der Waals surface area (Å²) in [7, 11) is -0.375. The lowest BCUT2D eigenvalue weighted by Gasteiger charge is -2.32. The van der Waals surface area contributed by atoms with Crippen LogP contribution in [-0.2, 0) is 9.31 Å². The molecule has 1 aromatic heterocycles. The molecule has 0 saturated carbocycles. The van der Waals surface area contributed by atoms with Crippen LogP contribution in [0.25, 0.3) is 27.5 Å². The summed E-state index contributed by atoms with van der Waals surface area (Å²) in [4.78, 5) is 0. The first-order valence-corrected chi connectivity index (χ1v) is 10.1. The van der Waals surface area contributed by atoms with Crippen molar-refractivity contribution in [2.45, 2.75) is 38.9 Å². The molecule has 2 aliphatic heterocycles. The van der Waals surface area contributed by atoms with Gasteiger partial charge >= 0.3 is 7.12 Å². The molecule has 0 bridgehead atoms. The van der Waals surface area contributed by atoms with Gasteiger partial charge in [-0.05, 0) is 57.4 Å².